The van der Waals surface area contributed by atoms with Crippen molar-refractivity contribution in [2.45, 2.75) is 58.3 Å². The molecule has 1 spiro atoms. The number of hydrogen-bond acceptors (Lipinski definition) is 2. The molecule has 2 saturated heterocycles. The molecule has 3 rings (SSSR count). The minimum absolute atomic E-state index is 0.282. The van der Waals surface area contributed by atoms with E-state index in [-0.39, 0.29) is 5.41 Å². The van der Waals surface area contributed by atoms with Crippen LogP contribution in [-0.2, 0) is 22.6 Å². The van der Waals surface area contributed by atoms with Gasteiger partial charge in [-0.2, -0.15) is 0 Å². The Hall–Kier alpha value is -0.670. The van der Waals surface area contributed by atoms with Crippen molar-refractivity contribution in [1.29, 1.82) is 0 Å². The summed E-state index contributed by atoms with van der Waals surface area (Å²) < 4.78 is 11.7. The standard InChI is InChI=1S/C21H33NOS/c1-4-20(2,3)19-9-7-18(8-10-19)6-5-13-22-14-11-21(16-22)12-15-24(23)17-21/h7-10H,4-6,11-17H2,1-3H3/t21-,24?/m0/s1. The molecule has 2 heterocycles. The van der Waals surface area contributed by atoms with Gasteiger partial charge in [0, 0.05) is 28.9 Å². The van der Waals surface area contributed by atoms with Gasteiger partial charge in [0.25, 0.3) is 0 Å². The number of hydrogen-bond donors (Lipinski definition) is 0. The molecule has 134 valence electrons. The molecule has 0 radical (unpaired) electrons. The van der Waals surface area contributed by atoms with E-state index in [1.807, 2.05) is 0 Å². The van der Waals surface area contributed by atoms with Crippen molar-refractivity contribution < 1.29 is 4.21 Å². The summed E-state index contributed by atoms with van der Waals surface area (Å²) in [7, 11) is -0.540. The van der Waals surface area contributed by atoms with Gasteiger partial charge in [-0.25, -0.2) is 0 Å². The van der Waals surface area contributed by atoms with Crippen LogP contribution in [0.25, 0.3) is 0 Å². The zero-order valence-corrected chi connectivity index (χ0v) is 16.5. The molecule has 2 aliphatic rings. The second-order valence-corrected chi connectivity index (χ2v) is 10.2. The van der Waals surface area contributed by atoms with E-state index in [4.69, 9.17) is 0 Å². The Morgan fingerprint density at radius 1 is 1.21 bits per heavy atom. The summed E-state index contributed by atoms with van der Waals surface area (Å²) in [4.78, 5) is 2.61. The Morgan fingerprint density at radius 3 is 2.58 bits per heavy atom. The Labute approximate surface area is 150 Å². The predicted octanol–water partition coefficient (Wildman–Crippen LogP) is 4.15. The maximum Gasteiger partial charge on any atom is 0.0304 e. The largest absolute Gasteiger partial charge is 0.303 e. The third-order valence-corrected chi connectivity index (χ3v) is 8.00. The lowest BCUT2D eigenvalue weighted by atomic mass is 9.82. The van der Waals surface area contributed by atoms with E-state index in [1.165, 1.54) is 62.9 Å². The third-order valence-electron chi connectivity index (χ3n) is 6.40. The maximum atomic E-state index is 11.7. The van der Waals surface area contributed by atoms with Gasteiger partial charge in [0.1, 0.15) is 0 Å². The van der Waals surface area contributed by atoms with Gasteiger partial charge in [-0.05, 0) is 67.2 Å². The first kappa shape index (κ1) is 18.1. The third kappa shape index (κ3) is 4.11. The molecular weight excluding hydrogens is 314 g/mol. The molecule has 2 aliphatic heterocycles. The van der Waals surface area contributed by atoms with Crippen LogP contribution in [0.3, 0.4) is 0 Å². The molecule has 0 N–H and O–H groups in total. The van der Waals surface area contributed by atoms with Crippen molar-refractivity contribution in [3.8, 4) is 0 Å². The fraction of sp³-hybridized carbons (Fsp3) is 0.714. The van der Waals surface area contributed by atoms with Crippen molar-refractivity contribution in [3.63, 3.8) is 0 Å². The molecule has 1 unspecified atom stereocenters. The van der Waals surface area contributed by atoms with Crippen LogP contribution in [0.1, 0.15) is 57.6 Å². The summed E-state index contributed by atoms with van der Waals surface area (Å²) in [6.07, 6.45) is 6.02. The van der Waals surface area contributed by atoms with Crippen LogP contribution in [0.4, 0.5) is 0 Å². The summed E-state index contributed by atoms with van der Waals surface area (Å²) in [5.74, 6) is 1.90. The number of aryl methyl sites for hydroxylation is 1. The molecule has 0 saturated carbocycles. The topological polar surface area (TPSA) is 20.3 Å². The SMILES string of the molecule is CCC(C)(C)c1ccc(CCCN2CC[C@]3(CCS(=O)C3)C2)cc1. The fourth-order valence-corrected chi connectivity index (χ4v) is 6.06. The molecule has 24 heavy (non-hydrogen) atoms. The van der Waals surface area contributed by atoms with Crippen LogP contribution >= 0.6 is 0 Å². The summed E-state index contributed by atoms with van der Waals surface area (Å²) >= 11 is 0. The first-order valence-corrected chi connectivity index (χ1v) is 11.1. The second-order valence-electron chi connectivity index (χ2n) is 8.60. The molecule has 0 aliphatic carbocycles. The maximum absolute atomic E-state index is 11.7. The van der Waals surface area contributed by atoms with Crippen molar-refractivity contribution in [2.24, 2.45) is 5.41 Å². The van der Waals surface area contributed by atoms with E-state index in [2.05, 4.69) is 49.9 Å². The second kappa shape index (κ2) is 7.29. The van der Waals surface area contributed by atoms with E-state index in [9.17, 15) is 4.21 Å². The Balaban J connectivity index is 1.45. The summed E-state index contributed by atoms with van der Waals surface area (Å²) in [6, 6.07) is 9.27. The molecule has 0 bridgehead atoms. The summed E-state index contributed by atoms with van der Waals surface area (Å²) in [6.45, 7) is 10.5. The van der Waals surface area contributed by atoms with Crippen LogP contribution in [0.5, 0.6) is 0 Å². The molecule has 2 atom stereocenters. The van der Waals surface area contributed by atoms with Crippen molar-refractivity contribution in [3.05, 3.63) is 35.4 Å². The van der Waals surface area contributed by atoms with E-state index >= 15 is 0 Å². The van der Waals surface area contributed by atoms with E-state index < -0.39 is 10.8 Å². The lowest BCUT2D eigenvalue weighted by molar-refractivity contribution is 0.277. The molecule has 3 heteroatoms. The minimum Gasteiger partial charge on any atom is -0.303 e. The first-order chi connectivity index (χ1) is 11.4. The molecule has 0 amide bonds. The Morgan fingerprint density at radius 2 is 1.96 bits per heavy atom. The van der Waals surface area contributed by atoms with Gasteiger partial charge >= 0.3 is 0 Å². The smallest absolute Gasteiger partial charge is 0.0304 e. The molecule has 2 nitrogen and oxygen atoms in total. The average Bonchev–Trinajstić information content (AvgIpc) is 3.14. The number of nitrogens with zero attached hydrogens (tertiary/aromatic N) is 1. The van der Waals surface area contributed by atoms with E-state index in [1.54, 1.807) is 0 Å². The first-order valence-electron chi connectivity index (χ1n) is 9.59. The van der Waals surface area contributed by atoms with Gasteiger partial charge in [0.15, 0.2) is 0 Å². The average molecular weight is 348 g/mol. The Bertz CT molecular complexity index is 580. The highest BCUT2D eigenvalue weighted by atomic mass is 32.2. The van der Waals surface area contributed by atoms with Gasteiger partial charge in [0.05, 0.1) is 0 Å². The van der Waals surface area contributed by atoms with Gasteiger partial charge in [-0.1, -0.05) is 45.0 Å². The van der Waals surface area contributed by atoms with Gasteiger partial charge in [-0.15, -0.1) is 0 Å². The quantitative estimate of drug-likeness (QED) is 0.770. The highest BCUT2D eigenvalue weighted by molar-refractivity contribution is 7.85. The van der Waals surface area contributed by atoms with E-state index in [0.717, 1.165) is 11.5 Å². The highest BCUT2D eigenvalue weighted by Gasteiger charge is 2.42. The van der Waals surface area contributed by atoms with Gasteiger partial charge < -0.3 is 4.90 Å². The lowest BCUT2D eigenvalue weighted by Crippen LogP contribution is -2.28. The lowest BCUT2D eigenvalue weighted by Gasteiger charge is -2.23. The van der Waals surface area contributed by atoms with Crippen LogP contribution in [0.15, 0.2) is 24.3 Å². The summed E-state index contributed by atoms with van der Waals surface area (Å²) in [5.41, 5.74) is 3.59. The monoisotopic (exact) mass is 347 g/mol. The summed E-state index contributed by atoms with van der Waals surface area (Å²) in [5, 5.41) is 0. The highest BCUT2D eigenvalue weighted by Crippen LogP contribution is 2.39. The predicted molar refractivity (Wildman–Crippen MR) is 104 cm³/mol. The minimum atomic E-state index is -0.540. The van der Waals surface area contributed by atoms with Crippen molar-refractivity contribution in [2.75, 3.05) is 31.1 Å². The molecule has 2 fully saturated rings. The van der Waals surface area contributed by atoms with E-state index in [0.29, 0.717) is 5.41 Å². The van der Waals surface area contributed by atoms with Crippen LogP contribution in [0.2, 0.25) is 0 Å². The fourth-order valence-electron chi connectivity index (χ4n) is 4.19. The number of benzene rings is 1. The van der Waals surface area contributed by atoms with Crippen LogP contribution < -0.4 is 0 Å². The van der Waals surface area contributed by atoms with Crippen molar-refractivity contribution >= 4 is 10.8 Å². The molecule has 1 aromatic rings. The van der Waals surface area contributed by atoms with Crippen LogP contribution in [0, 0.1) is 5.41 Å². The zero-order chi connectivity index (χ0) is 17.2. The molecule has 1 aromatic carbocycles. The molecule has 0 aromatic heterocycles. The van der Waals surface area contributed by atoms with Gasteiger partial charge in [-0.3, -0.25) is 4.21 Å². The van der Waals surface area contributed by atoms with Gasteiger partial charge in [0.2, 0.25) is 0 Å². The molecular formula is C21H33NOS. The Kier molecular flexibility index (Phi) is 5.51. The van der Waals surface area contributed by atoms with Crippen molar-refractivity contribution in [1.82, 2.24) is 4.90 Å². The van der Waals surface area contributed by atoms with Crippen LogP contribution in [-0.4, -0.2) is 40.2 Å². The normalized spacial score (nSPS) is 28.0. The number of rotatable bonds is 6. The zero-order valence-electron chi connectivity index (χ0n) is 15.6. The number of likely N-dealkylation sites (tertiary alicyclic amines) is 1.